The fourth-order valence-electron chi connectivity index (χ4n) is 5.33. The van der Waals surface area contributed by atoms with Gasteiger partial charge in [0.05, 0.1) is 24.9 Å². The minimum Gasteiger partial charge on any atom is -0.495 e. The first-order valence-electron chi connectivity index (χ1n) is 12.2. The number of anilines is 1. The average molecular weight is 494 g/mol. The largest absolute Gasteiger partial charge is 0.495 e. The molecule has 0 aliphatic carbocycles. The standard InChI is InChI=1S/C28H32ClN3O3/c1-33-27-17-22(10-11-24(27)29)31-14-15-32-23(18-31)7-5-8-25(32)20-9-12-26(28(16-20)34-2)35-19-21-6-3-4-13-30-21/h3-4,6,9-13,16-17,23,25H,5,7-8,14-15,18-19H2,1-2H3/t23-,25+/m0/s1. The Labute approximate surface area is 212 Å². The molecule has 35 heavy (non-hydrogen) atoms. The van der Waals surface area contributed by atoms with Gasteiger partial charge in [0.1, 0.15) is 12.4 Å². The van der Waals surface area contributed by atoms with E-state index in [0.29, 0.717) is 23.7 Å². The number of halogens is 1. The van der Waals surface area contributed by atoms with E-state index < -0.39 is 0 Å². The molecule has 0 spiro atoms. The first-order valence-corrected chi connectivity index (χ1v) is 12.6. The Hall–Kier alpha value is -2.96. The Morgan fingerprint density at radius 1 is 0.943 bits per heavy atom. The van der Waals surface area contributed by atoms with Crippen LogP contribution < -0.4 is 19.1 Å². The maximum Gasteiger partial charge on any atom is 0.161 e. The van der Waals surface area contributed by atoms with E-state index in [2.05, 4.69) is 33.0 Å². The van der Waals surface area contributed by atoms with Gasteiger partial charge in [-0.2, -0.15) is 0 Å². The van der Waals surface area contributed by atoms with Crippen molar-refractivity contribution >= 4 is 17.3 Å². The van der Waals surface area contributed by atoms with E-state index >= 15 is 0 Å². The van der Waals surface area contributed by atoms with Crippen LogP contribution in [0.25, 0.3) is 0 Å². The highest BCUT2D eigenvalue weighted by Crippen LogP contribution is 2.40. The van der Waals surface area contributed by atoms with Gasteiger partial charge >= 0.3 is 0 Å². The molecular weight excluding hydrogens is 462 g/mol. The van der Waals surface area contributed by atoms with E-state index in [4.69, 9.17) is 25.8 Å². The molecule has 2 atom stereocenters. The zero-order valence-corrected chi connectivity index (χ0v) is 21.1. The fraction of sp³-hybridized carbons (Fsp3) is 0.393. The average Bonchev–Trinajstić information content (AvgIpc) is 2.92. The smallest absolute Gasteiger partial charge is 0.161 e. The first-order chi connectivity index (χ1) is 17.2. The monoisotopic (exact) mass is 493 g/mol. The zero-order chi connectivity index (χ0) is 24.2. The fourth-order valence-corrected chi connectivity index (χ4v) is 5.53. The lowest BCUT2D eigenvalue weighted by Gasteiger charge is -2.49. The lowest BCUT2D eigenvalue weighted by Crippen LogP contribution is -2.55. The van der Waals surface area contributed by atoms with E-state index in [1.165, 1.54) is 24.1 Å². The van der Waals surface area contributed by atoms with Crippen LogP contribution in [0.4, 0.5) is 5.69 Å². The lowest BCUT2D eigenvalue weighted by molar-refractivity contribution is 0.0715. The number of nitrogens with zero attached hydrogens (tertiary/aromatic N) is 3. The van der Waals surface area contributed by atoms with Crippen LogP contribution in [-0.2, 0) is 6.61 Å². The highest BCUT2D eigenvalue weighted by atomic mass is 35.5. The Bertz CT molecular complexity index is 1140. The number of aromatic nitrogens is 1. The van der Waals surface area contributed by atoms with Crippen LogP contribution in [0.3, 0.4) is 0 Å². The second kappa shape index (κ2) is 10.8. The summed E-state index contributed by atoms with van der Waals surface area (Å²) in [5, 5.41) is 0.647. The Morgan fingerprint density at radius 3 is 2.63 bits per heavy atom. The van der Waals surface area contributed by atoms with E-state index in [1.807, 2.05) is 36.4 Å². The van der Waals surface area contributed by atoms with E-state index in [0.717, 1.165) is 49.0 Å². The van der Waals surface area contributed by atoms with Crippen molar-refractivity contribution in [3.63, 3.8) is 0 Å². The summed E-state index contributed by atoms with van der Waals surface area (Å²) in [6.07, 6.45) is 5.36. The molecule has 2 saturated heterocycles. The number of ether oxygens (including phenoxy) is 3. The number of piperazine rings is 1. The summed E-state index contributed by atoms with van der Waals surface area (Å²) < 4.78 is 17.2. The van der Waals surface area contributed by atoms with Crippen LogP contribution >= 0.6 is 11.6 Å². The molecule has 0 bridgehead atoms. The van der Waals surface area contributed by atoms with Gasteiger partial charge in [-0.25, -0.2) is 0 Å². The summed E-state index contributed by atoms with van der Waals surface area (Å²) in [5.41, 5.74) is 3.35. The number of pyridine rings is 1. The predicted octanol–water partition coefficient (Wildman–Crippen LogP) is 5.75. The predicted molar refractivity (Wildman–Crippen MR) is 139 cm³/mol. The quantitative estimate of drug-likeness (QED) is 0.418. The minimum absolute atomic E-state index is 0.384. The van der Waals surface area contributed by atoms with E-state index in [1.54, 1.807) is 20.4 Å². The summed E-state index contributed by atoms with van der Waals surface area (Å²) in [6, 6.07) is 19.2. The van der Waals surface area contributed by atoms with Crippen molar-refractivity contribution in [1.29, 1.82) is 0 Å². The molecule has 2 aromatic carbocycles. The van der Waals surface area contributed by atoms with Gasteiger partial charge in [0.2, 0.25) is 0 Å². The number of methoxy groups -OCH3 is 2. The topological polar surface area (TPSA) is 47.1 Å². The first kappa shape index (κ1) is 23.8. The normalized spacial score (nSPS) is 20.3. The van der Waals surface area contributed by atoms with Crippen molar-refractivity contribution in [3.8, 4) is 17.2 Å². The summed E-state index contributed by atoms with van der Waals surface area (Å²) in [4.78, 5) is 9.47. The van der Waals surface area contributed by atoms with Gasteiger partial charge in [0.25, 0.3) is 0 Å². The molecule has 0 radical (unpaired) electrons. The third-order valence-electron chi connectivity index (χ3n) is 7.12. The summed E-state index contributed by atoms with van der Waals surface area (Å²) in [7, 11) is 3.37. The van der Waals surface area contributed by atoms with Crippen molar-refractivity contribution in [2.75, 3.05) is 38.8 Å². The van der Waals surface area contributed by atoms with Crippen molar-refractivity contribution in [3.05, 3.63) is 77.1 Å². The second-order valence-electron chi connectivity index (χ2n) is 9.12. The molecule has 2 aliphatic rings. The van der Waals surface area contributed by atoms with Gasteiger partial charge in [-0.1, -0.05) is 23.7 Å². The molecule has 6 nitrogen and oxygen atoms in total. The highest BCUT2D eigenvalue weighted by molar-refractivity contribution is 6.32. The zero-order valence-electron chi connectivity index (χ0n) is 20.3. The third-order valence-corrected chi connectivity index (χ3v) is 7.43. The molecule has 0 amide bonds. The van der Waals surface area contributed by atoms with Gasteiger partial charge in [0.15, 0.2) is 11.5 Å². The molecule has 0 unspecified atom stereocenters. The highest BCUT2D eigenvalue weighted by Gasteiger charge is 2.36. The number of piperidine rings is 1. The molecule has 3 heterocycles. The molecule has 0 N–H and O–H groups in total. The third kappa shape index (κ3) is 5.19. The summed E-state index contributed by atoms with van der Waals surface area (Å²) in [5.74, 6) is 2.24. The lowest BCUT2D eigenvalue weighted by atomic mass is 9.89. The van der Waals surface area contributed by atoms with E-state index in [-0.39, 0.29) is 0 Å². The molecule has 0 saturated carbocycles. The van der Waals surface area contributed by atoms with Crippen LogP contribution in [-0.4, -0.2) is 49.8 Å². The maximum absolute atomic E-state index is 6.25. The molecule has 3 aromatic rings. The van der Waals surface area contributed by atoms with Gasteiger partial charge < -0.3 is 19.1 Å². The maximum atomic E-state index is 6.25. The Balaban J connectivity index is 1.29. The molecule has 2 fully saturated rings. The second-order valence-corrected chi connectivity index (χ2v) is 9.53. The van der Waals surface area contributed by atoms with Crippen LogP contribution in [0.15, 0.2) is 60.8 Å². The van der Waals surface area contributed by atoms with Gasteiger partial charge in [-0.15, -0.1) is 0 Å². The summed E-state index contributed by atoms with van der Waals surface area (Å²) in [6.45, 7) is 3.41. The number of benzene rings is 2. The molecule has 2 aliphatic heterocycles. The number of rotatable bonds is 7. The minimum atomic E-state index is 0.384. The Kier molecular flexibility index (Phi) is 7.30. The van der Waals surface area contributed by atoms with Crippen molar-refractivity contribution in [1.82, 2.24) is 9.88 Å². The van der Waals surface area contributed by atoms with Crippen LogP contribution in [0.2, 0.25) is 5.02 Å². The Morgan fingerprint density at radius 2 is 1.83 bits per heavy atom. The number of hydrogen-bond donors (Lipinski definition) is 0. The van der Waals surface area contributed by atoms with Crippen LogP contribution in [0.1, 0.15) is 36.6 Å². The van der Waals surface area contributed by atoms with Gasteiger partial charge in [0, 0.05) is 49.7 Å². The van der Waals surface area contributed by atoms with Crippen molar-refractivity contribution in [2.24, 2.45) is 0 Å². The van der Waals surface area contributed by atoms with E-state index in [9.17, 15) is 0 Å². The SMILES string of the molecule is COc1cc(N2CCN3[C@@H](CCC[C@@H]3c3ccc(OCc4ccccn4)c(OC)c3)C2)ccc1Cl. The van der Waals surface area contributed by atoms with Gasteiger partial charge in [-0.3, -0.25) is 9.88 Å². The summed E-state index contributed by atoms with van der Waals surface area (Å²) >= 11 is 6.25. The van der Waals surface area contributed by atoms with Crippen LogP contribution in [0.5, 0.6) is 17.2 Å². The molecule has 1 aromatic heterocycles. The van der Waals surface area contributed by atoms with Crippen LogP contribution in [0, 0.1) is 0 Å². The van der Waals surface area contributed by atoms with Crippen molar-refractivity contribution < 1.29 is 14.2 Å². The molecular formula is C28H32ClN3O3. The number of fused-ring (bicyclic) bond motifs is 1. The molecule has 5 rings (SSSR count). The van der Waals surface area contributed by atoms with Gasteiger partial charge in [-0.05, 0) is 61.2 Å². The molecule has 7 heteroatoms. The number of hydrogen-bond acceptors (Lipinski definition) is 6. The molecule has 184 valence electrons. The van der Waals surface area contributed by atoms with Crippen molar-refractivity contribution in [2.45, 2.75) is 38.0 Å².